The standard InChI is InChI=1S/C18H21N3O/c1-14(12-22)10-19-11-15-6-8-16(9-7-15)21-13-20-17-4-2-3-5-18(17)21/h2-9,13-14,19,22H,10-12H2,1H3. The zero-order chi connectivity index (χ0) is 15.4. The maximum atomic E-state index is 9.01. The minimum Gasteiger partial charge on any atom is -0.396 e. The van der Waals surface area contributed by atoms with E-state index in [2.05, 4.69) is 45.2 Å². The van der Waals surface area contributed by atoms with Gasteiger partial charge in [-0.25, -0.2) is 4.98 Å². The molecule has 0 saturated heterocycles. The predicted molar refractivity (Wildman–Crippen MR) is 89.0 cm³/mol. The summed E-state index contributed by atoms with van der Waals surface area (Å²) in [7, 11) is 0. The van der Waals surface area contributed by atoms with Crippen LogP contribution >= 0.6 is 0 Å². The van der Waals surface area contributed by atoms with Gasteiger partial charge in [-0.15, -0.1) is 0 Å². The SMILES string of the molecule is CC(CO)CNCc1ccc(-n2cnc3ccccc32)cc1. The zero-order valence-corrected chi connectivity index (χ0v) is 12.7. The van der Waals surface area contributed by atoms with E-state index in [4.69, 9.17) is 5.11 Å². The number of rotatable bonds is 6. The van der Waals surface area contributed by atoms with E-state index >= 15 is 0 Å². The van der Waals surface area contributed by atoms with Gasteiger partial charge in [0.25, 0.3) is 0 Å². The predicted octanol–water partition coefficient (Wildman–Crippen LogP) is 2.74. The maximum absolute atomic E-state index is 9.01. The second-order valence-corrected chi connectivity index (χ2v) is 5.69. The van der Waals surface area contributed by atoms with Gasteiger partial charge in [-0.3, -0.25) is 4.57 Å². The van der Waals surface area contributed by atoms with Crippen LogP contribution in [-0.4, -0.2) is 27.8 Å². The summed E-state index contributed by atoms with van der Waals surface area (Å²) in [5.41, 5.74) is 4.47. The minimum atomic E-state index is 0.222. The van der Waals surface area contributed by atoms with Crippen molar-refractivity contribution in [1.29, 1.82) is 0 Å². The number of aliphatic hydroxyl groups excluding tert-OH is 1. The van der Waals surface area contributed by atoms with Crippen LogP contribution in [0, 0.1) is 5.92 Å². The molecular formula is C18H21N3O. The molecule has 0 aliphatic carbocycles. The van der Waals surface area contributed by atoms with Gasteiger partial charge in [0.05, 0.1) is 11.0 Å². The first-order valence-electron chi connectivity index (χ1n) is 7.61. The molecule has 1 heterocycles. The first-order valence-corrected chi connectivity index (χ1v) is 7.61. The van der Waals surface area contributed by atoms with E-state index in [0.717, 1.165) is 29.8 Å². The van der Waals surface area contributed by atoms with Gasteiger partial charge in [0.15, 0.2) is 0 Å². The summed E-state index contributed by atoms with van der Waals surface area (Å²) in [6.45, 7) is 3.89. The highest BCUT2D eigenvalue weighted by atomic mass is 16.3. The van der Waals surface area contributed by atoms with Gasteiger partial charge < -0.3 is 10.4 Å². The minimum absolute atomic E-state index is 0.222. The van der Waals surface area contributed by atoms with E-state index < -0.39 is 0 Å². The molecule has 1 unspecified atom stereocenters. The lowest BCUT2D eigenvalue weighted by atomic mass is 10.1. The number of aromatic nitrogens is 2. The van der Waals surface area contributed by atoms with Crippen molar-refractivity contribution in [3.05, 3.63) is 60.4 Å². The third-order valence-electron chi connectivity index (χ3n) is 3.80. The van der Waals surface area contributed by atoms with E-state index in [1.54, 1.807) is 0 Å². The van der Waals surface area contributed by atoms with E-state index in [9.17, 15) is 0 Å². The molecule has 0 aliphatic rings. The van der Waals surface area contributed by atoms with Crippen LogP contribution in [0.15, 0.2) is 54.9 Å². The molecule has 2 N–H and O–H groups in total. The highest BCUT2D eigenvalue weighted by Crippen LogP contribution is 2.18. The Balaban J connectivity index is 1.71. The van der Waals surface area contributed by atoms with Crippen molar-refractivity contribution in [3.63, 3.8) is 0 Å². The molecule has 1 aromatic heterocycles. The lowest BCUT2D eigenvalue weighted by Crippen LogP contribution is -2.22. The number of hydrogen-bond acceptors (Lipinski definition) is 3. The van der Waals surface area contributed by atoms with Crippen LogP contribution in [0.4, 0.5) is 0 Å². The Morgan fingerprint density at radius 1 is 1.14 bits per heavy atom. The average molecular weight is 295 g/mol. The van der Waals surface area contributed by atoms with E-state index in [1.165, 1.54) is 5.56 Å². The van der Waals surface area contributed by atoms with E-state index in [-0.39, 0.29) is 12.5 Å². The molecule has 22 heavy (non-hydrogen) atoms. The monoisotopic (exact) mass is 295 g/mol. The first kappa shape index (κ1) is 14.8. The van der Waals surface area contributed by atoms with Crippen molar-refractivity contribution in [2.45, 2.75) is 13.5 Å². The van der Waals surface area contributed by atoms with Crippen molar-refractivity contribution < 1.29 is 5.11 Å². The Bertz CT molecular complexity index is 733. The highest BCUT2D eigenvalue weighted by molar-refractivity contribution is 5.77. The molecular weight excluding hydrogens is 274 g/mol. The summed E-state index contributed by atoms with van der Waals surface area (Å²) in [4.78, 5) is 4.42. The smallest absolute Gasteiger partial charge is 0.100 e. The number of aliphatic hydroxyl groups is 1. The topological polar surface area (TPSA) is 50.1 Å². The second-order valence-electron chi connectivity index (χ2n) is 5.69. The fraction of sp³-hybridized carbons (Fsp3) is 0.278. The zero-order valence-electron chi connectivity index (χ0n) is 12.7. The van der Waals surface area contributed by atoms with Crippen LogP contribution in [0.1, 0.15) is 12.5 Å². The van der Waals surface area contributed by atoms with E-state index in [0.29, 0.717) is 0 Å². The normalized spacial score (nSPS) is 12.6. The molecule has 0 fully saturated rings. The van der Waals surface area contributed by atoms with Crippen molar-refractivity contribution in [2.24, 2.45) is 5.92 Å². The van der Waals surface area contributed by atoms with Crippen molar-refractivity contribution in [2.75, 3.05) is 13.2 Å². The summed E-state index contributed by atoms with van der Waals surface area (Å²) in [6, 6.07) is 16.6. The summed E-state index contributed by atoms with van der Waals surface area (Å²) >= 11 is 0. The van der Waals surface area contributed by atoms with Gasteiger partial charge in [-0.2, -0.15) is 0 Å². The fourth-order valence-electron chi connectivity index (χ4n) is 2.47. The molecule has 4 nitrogen and oxygen atoms in total. The second kappa shape index (κ2) is 6.73. The molecule has 3 rings (SSSR count). The average Bonchev–Trinajstić information content (AvgIpc) is 2.99. The molecule has 1 atom stereocenters. The fourth-order valence-corrected chi connectivity index (χ4v) is 2.47. The number of hydrogen-bond donors (Lipinski definition) is 2. The Morgan fingerprint density at radius 3 is 2.68 bits per heavy atom. The first-order chi connectivity index (χ1) is 10.8. The van der Waals surface area contributed by atoms with Crippen molar-refractivity contribution in [3.8, 4) is 5.69 Å². The van der Waals surface area contributed by atoms with Gasteiger partial charge in [-0.1, -0.05) is 31.2 Å². The van der Waals surface area contributed by atoms with Crippen LogP contribution < -0.4 is 5.32 Å². The summed E-state index contributed by atoms with van der Waals surface area (Å²) < 4.78 is 2.10. The lowest BCUT2D eigenvalue weighted by Gasteiger charge is -2.10. The molecule has 0 spiro atoms. The van der Waals surface area contributed by atoms with Crippen molar-refractivity contribution >= 4 is 11.0 Å². The van der Waals surface area contributed by atoms with Gasteiger partial charge in [0.2, 0.25) is 0 Å². The molecule has 0 amide bonds. The lowest BCUT2D eigenvalue weighted by molar-refractivity contribution is 0.233. The third-order valence-corrected chi connectivity index (χ3v) is 3.80. The summed E-state index contributed by atoms with van der Waals surface area (Å²) in [6.07, 6.45) is 1.86. The van der Waals surface area contributed by atoms with Crippen molar-refractivity contribution in [1.82, 2.24) is 14.9 Å². The number of para-hydroxylation sites is 2. The summed E-state index contributed by atoms with van der Waals surface area (Å²) in [5, 5.41) is 12.4. The molecule has 0 bridgehead atoms. The van der Waals surface area contributed by atoms with Crippen LogP contribution in [0.2, 0.25) is 0 Å². The molecule has 114 valence electrons. The molecule has 3 aromatic rings. The number of fused-ring (bicyclic) bond motifs is 1. The Hall–Kier alpha value is -2.17. The van der Waals surface area contributed by atoms with Gasteiger partial charge in [-0.05, 0) is 35.7 Å². The molecule has 0 radical (unpaired) electrons. The Morgan fingerprint density at radius 2 is 1.91 bits per heavy atom. The third kappa shape index (κ3) is 3.18. The van der Waals surface area contributed by atoms with Crippen LogP contribution in [0.5, 0.6) is 0 Å². The number of nitrogens with one attached hydrogen (secondary N) is 1. The Labute approximate surface area is 130 Å². The Kier molecular flexibility index (Phi) is 4.51. The largest absolute Gasteiger partial charge is 0.396 e. The number of nitrogens with zero attached hydrogens (tertiary/aromatic N) is 2. The van der Waals surface area contributed by atoms with Gasteiger partial charge in [0.1, 0.15) is 6.33 Å². The van der Waals surface area contributed by atoms with Gasteiger partial charge in [0, 0.05) is 25.4 Å². The molecule has 0 saturated carbocycles. The number of imidazole rings is 1. The van der Waals surface area contributed by atoms with Crippen LogP contribution in [0.25, 0.3) is 16.7 Å². The van der Waals surface area contributed by atoms with Gasteiger partial charge >= 0.3 is 0 Å². The summed E-state index contributed by atoms with van der Waals surface area (Å²) in [5.74, 6) is 0.289. The quantitative estimate of drug-likeness (QED) is 0.735. The molecule has 0 aliphatic heterocycles. The van der Waals surface area contributed by atoms with E-state index in [1.807, 2.05) is 31.5 Å². The maximum Gasteiger partial charge on any atom is 0.100 e. The molecule has 2 aromatic carbocycles. The number of benzene rings is 2. The van der Waals surface area contributed by atoms with Crippen LogP contribution in [-0.2, 0) is 6.54 Å². The highest BCUT2D eigenvalue weighted by Gasteiger charge is 2.04. The molecule has 4 heteroatoms. The van der Waals surface area contributed by atoms with Crippen LogP contribution in [0.3, 0.4) is 0 Å².